The van der Waals surface area contributed by atoms with Crippen LogP contribution in [0, 0.1) is 6.92 Å². The van der Waals surface area contributed by atoms with Crippen molar-refractivity contribution in [1.82, 2.24) is 20.2 Å². The largest absolute Gasteiger partial charge is 0.487 e. The zero-order chi connectivity index (χ0) is 34.0. The summed E-state index contributed by atoms with van der Waals surface area (Å²) in [6.07, 6.45) is 11.9. The number of fused-ring (bicyclic) bond motifs is 1. The van der Waals surface area contributed by atoms with E-state index >= 15 is 0 Å². The summed E-state index contributed by atoms with van der Waals surface area (Å²) in [4.78, 5) is 32.3. The lowest BCUT2D eigenvalue weighted by atomic mass is 9.72. The molecule has 0 radical (unpaired) electrons. The molecule has 0 unspecified atom stereocenters. The number of pyridine rings is 2. The molecule has 4 aromatic rings. The summed E-state index contributed by atoms with van der Waals surface area (Å²) in [6, 6.07) is 21.0. The number of nitrogens with one attached hydrogen (secondary N) is 2. The number of benzene rings is 2. The van der Waals surface area contributed by atoms with Crippen molar-refractivity contribution in [3.05, 3.63) is 117 Å². The Labute approximate surface area is 288 Å². The second-order valence-corrected chi connectivity index (χ2v) is 14.3. The molecule has 8 heteroatoms. The summed E-state index contributed by atoms with van der Waals surface area (Å²) in [5, 5.41) is 18.7. The van der Waals surface area contributed by atoms with Gasteiger partial charge in [-0.1, -0.05) is 62.2 Å². The third kappa shape index (κ3) is 7.08. The minimum Gasteiger partial charge on any atom is -0.487 e. The SMILES string of the molecule is CCc1cc2c(cc1C)OC1(CCC1)C[C@@H]2NC[C@@H](O)[C@H](Cc1ccccc1)NC(=O)c1cc(-c2ccccn2)c(=O)n(C2CCCC2)c1. The molecule has 2 aliphatic carbocycles. The molecule has 3 N–H and O–H groups in total. The highest BCUT2D eigenvalue weighted by molar-refractivity contribution is 5.95. The van der Waals surface area contributed by atoms with Gasteiger partial charge in [-0.3, -0.25) is 14.6 Å². The maximum absolute atomic E-state index is 14.1. The van der Waals surface area contributed by atoms with E-state index in [1.807, 2.05) is 42.5 Å². The van der Waals surface area contributed by atoms with Gasteiger partial charge < -0.3 is 25.0 Å². The van der Waals surface area contributed by atoms with E-state index in [1.54, 1.807) is 29.1 Å². The monoisotopic (exact) mass is 660 g/mol. The van der Waals surface area contributed by atoms with Crippen LogP contribution in [0.25, 0.3) is 11.3 Å². The highest BCUT2D eigenvalue weighted by atomic mass is 16.5. The van der Waals surface area contributed by atoms with Crippen molar-refractivity contribution in [3.63, 3.8) is 0 Å². The third-order valence-corrected chi connectivity index (χ3v) is 11.0. The summed E-state index contributed by atoms with van der Waals surface area (Å²) in [5.74, 6) is 0.625. The lowest BCUT2D eigenvalue weighted by molar-refractivity contribution is -0.0382. The Hall–Kier alpha value is -4.27. The second kappa shape index (κ2) is 14.3. The second-order valence-electron chi connectivity index (χ2n) is 14.3. The Kier molecular flexibility index (Phi) is 9.70. The first kappa shape index (κ1) is 33.2. The maximum Gasteiger partial charge on any atom is 0.260 e. The molecule has 49 heavy (non-hydrogen) atoms. The van der Waals surface area contributed by atoms with Crippen molar-refractivity contribution in [2.24, 2.45) is 0 Å². The molecule has 2 fully saturated rings. The zero-order valence-corrected chi connectivity index (χ0v) is 28.7. The van der Waals surface area contributed by atoms with Crippen LogP contribution < -0.4 is 20.9 Å². The first-order valence-electron chi connectivity index (χ1n) is 18.1. The highest BCUT2D eigenvalue weighted by Gasteiger charge is 2.45. The van der Waals surface area contributed by atoms with E-state index in [0.717, 1.165) is 74.7 Å². The van der Waals surface area contributed by atoms with Gasteiger partial charge in [0.1, 0.15) is 11.4 Å². The molecule has 1 amide bonds. The average molecular weight is 661 g/mol. The van der Waals surface area contributed by atoms with Crippen molar-refractivity contribution in [3.8, 4) is 17.0 Å². The Balaban J connectivity index is 1.15. The van der Waals surface area contributed by atoms with Gasteiger partial charge >= 0.3 is 0 Å². The van der Waals surface area contributed by atoms with Crippen LogP contribution in [0.1, 0.15) is 103 Å². The number of aromatic nitrogens is 2. The standard InChI is InChI=1S/C41H48N4O4/c1-3-29-22-32-36(24-41(17-11-18-41)49-38(32)20-27(29)2)43-25-37(46)35(21-28-12-5-4-6-13-28)44-39(47)30-23-33(34-16-9-10-19-42-34)40(48)45(26-30)31-14-7-8-15-31/h4-6,9-10,12-13,16,19-20,22-23,26,31,35-37,43,46H,3,7-8,11,14-15,17-18,21,24-25H2,1-2H3,(H,44,47)/t35-,36-,37+/m0/s1. The van der Waals surface area contributed by atoms with E-state index in [1.165, 1.54) is 11.1 Å². The lowest BCUT2D eigenvalue weighted by Crippen LogP contribution is -2.52. The van der Waals surface area contributed by atoms with E-state index < -0.39 is 12.1 Å². The van der Waals surface area contributed by atoms with Gasteiger partial charge in [0.15, 0.2) is 0 Å². The van der Waals surface area contributed by atoms with Crippen molar-refractivity contribution in [1.29, 1.82) is 0 Å². The van der Waals surface area contributed by atoms with Gasteiger partial charge in [0.2, 0.25) is 0 Å². The van der Waals surface area contributed by atoms with Gasteiger partial charge in [-0.2, -0.15) is 0 Å². The van der Waals surface area contributed by atoms with Gasteiger partial charge in [-0.05, 0) is 92.8 Å². The molecule has 2 saturated carbocycles. The van der Waals surface area contributed by atoms with Gasteiger partial charge in [-0.15, -0.1) is 0 Å². The molecule has 7 rings (SSSR count). The summed E-state index contributed by atoms with van der Waals surface area (Å²) in [6.45, 7) is 4.62. The number of aliphatic hydroxyl groups excluding tert-OH is 1. The molecule has 3 heterocycles. The summed E-state index contributed by atoms with van der Waals surface area (Å²) >= 11 is 0. The number of ether oxygens (including phenoxy) is 1. The van der Waals surface area contributed by atoms with Crippen LogP contribution in [0.4, 0.5) is 0 Å². The van der Waals surface area contributed by atoms with Crippen molar-refractivity contribution in [2.75, 3.05) is 6.54 Å². The quantitative estimate of drug-likeness (QED) is 0.167. The minimum atomic E-state index is -0.875. The summed E-state index contributed by atoms with van der Waals surface area (Å²) in [5.41, 5.74) is 5.77. The average Bonchev–Trinajstić information content (AvgIpc) is 3.65. The molecular formula is C41H48N4O4. The molecule has 256 valence electrons. The first-order chi connectivity index (χ1) is 23.8. The molecule has 8 nitrogen and oxygen atoms in total. The van der Waals surface area contributed by atoms with Crippen LogP contribution in [0.15, 0.2) is 83.9 Å². The van der Waals surface area contributed by atoms with Crippen molar-refractivity contribution >= 4 is 5.91 Å². The smallest absolute Gasteiger partial charge is 0.260 e. The van der Waals surface area contributed by atoms with Crippen LogP contribution in [0.5, 0.6) is 5.75 Å². The lowest BCUT2D eigenvalue weighted by Gasteiger charge is -2.48. The van der Waals surface area contributed by atoms with E-state index in [4.69, 9.17) is 4.74 Å². The van der Waals surface area contributed by atoms with E-state index in [2.05, 4.69) is 41.6 Å². The molecular weight excluding hydrogens is 612 g/mol. The molecule has 1 spiro atoms. The number of hydrogen-bond donors (Lipinski definition) is 3. The van der Waals surface area contributed by atoms with Crippen LogP contribution in [-0.4, -0.2) is 44.9 Å². The molecule has 0 saturated heterocycles. The molecule has 1 aliphatic heterocycles. The van der Waals surface area contributed by atoms with Gasteiger partial charge in [0.05, 0.1) is 29.0 Å². The molecule has 2 aromatic carbocycles. The Morgan fingerprint density at radius 2 is 1.84 bits per heavy atom. The number of nitrogens with zero attached hydrogens (tertiary/aromatic N) is 2. The molecule has 0 bridgehead atoms. The van der Waals surface area contributed by atoms with Crippen LogP contribution >= 0.6 is 0 Å². The molecule has 3 atom stereocenters. The predicted molar refractivity (Wildman–Crippen MR) is 192 cm³/mol. The summed E-state index contributed by atoms with van der Waals surface area (Å²) < 4.78 is 8.35. The summed E-state index contributed by atoms with van der Waals surface area (Å²) in [7, 11) is 0. The van der Waals surface area contributed by atoms with E-state index in [-0.39, 0.29) is 29.2 Å². The first-order valence-corrected chi connectivity index (χ1v) is 18.1. The number of aryl methyl sites for hydroxylation is 2. The maximum atomic E-state index is 14.1. The van der Waals surface area contributed by atoms with Crippen LogP contribution in [0.2, 0.25) is 0 Å². The van der Waals surface area contributed by atoms with Crippen LogP contribution in [-0.2, 0) is 12.8 Å². The van der Waals surface area contributed by atoms with Gasteiger partial charge in [0.25, 0.3) is 11.5 Å². The number of aliphatic hydroxyl groups is 1. The topological polar surface area (TPSA) is 105 Å². The highest BCUT2D eigenvalue weighted by Crippen LogP contribution is 2.49. The molecule has 2 aromatic heterocycles. The van der Waals surface area contributed by atoms with Crippen molar-refractivity contribution in [2.45, 2.75) is 108 Å². The Bertz CT molecular complexity index is 1830. The predicted octanol–water partition coefficient (Wildman–Crippen LogP) is 6.63. The normalized spacial score (nSPS) is 19.4. The number of amides is 1. The zero-order valence-electron chi connectivity index (χ0n) is 28.7. The Morgan fingerprint density at radius 3 is 2.53 bits per heavy atom. The molecule has 3 aliphatic rings. The van der Waals surface area contributed by atoms with Crippen LogP contribution in [0.3, 0.4) is 0 Å². The fraction of sp³-hybridized carbons (Fsp3) is 0.439. The third-order valence-electron chi connectivity index (χ3n) is 11.0. The Morgan fingerprint density at radius 1 is 1.06 bits per heavy atom. The number of carbonyl (C=O) groups excluding carboxylic acids is 1. The fourth-order valence-electron chi connectivity index (χ4n) is 8.00. The van der Waals surface area contributed by atoms with Crippen molar-refractivity contribution < 1.29 is 14.6 Å². The van der Waals surface area contributed by atoms with E-state index in [9.17, 15) is 14.7 Å². The van der Waals surface area contributed by atoms with Gasteiger partial charge in [-0.25, -0.2) is 0 Å². The number of hydrogen-bond acceptors (Lipinski definition) is 6. The fourth-order valence-corrected chi connectivity index (χ4v) is 8.00. The minimum absolute atomic E-state index is 0.0357. The van der Waals surface area contributed by atoms with Gasteiger partial charge in [0, 0.05) is 43.0 Å². The number of carbonyl (C=O) groups is 1. The number of rotatable bonds is 11. The van der Waals surface area contributed by atoms with E-state index in [0.29, 0.717) is 29.8 Å².